The minimum absolute atomic E-state index is 0.00103. The first kappa shape index (κ1) is 20.2. The third kappa shape index (κ3) is 4.49. The second-order valence-electron chi connectivity index (χ2n) is 6.11. The molecular formula is C17H16ClF4N3O3. The molecule has 1 aliphatic rings. The Morgan fingerprint density at radius 1 is 1.32 bits per heavy atom. The van der Waals surface area contributed by atoms with Gasteiger partial charge in [-0.15, -0.1) is 0 Å². The fourth-order valence-electron chi connectivity index (χ4n) is 2.75. The predicted molar refractivity (Wildman–Crippen MR) is 92.4 cm³/mol. The Kier molecular flexibility index (Phi) is 5.97. The quantitative estimate of drug-likeness (QED) is 0.633. The molecule has 1 N–H and O–H groups in total. The molecule has 0 bridgehead atoms. The van der Waals surface area contributed by atoms with Crippen molar-refractivity contribution in [1.82, 2.24) is 9.78 Å². The van der Waals surface area contributed by atoms with E-state index >= 15 is 0 Å². The first-order chi connectivity index (χ1) is 13.3. The van der Waals surface area contributed by atoms with Gasteiger partial charge in [-0.3, -0.25) is 9.48 Å². The van der Waals surface area contributed by atoms with E-state index in [1.807, 2.05) is 0 Å². The molecule has 1 aliphatic carbocycles. The molecule has 1 aromatic heterocycles. The third-order valence-electron chi connectivity index (χ3n) is 4.08. The average Bonchev–Trinajstić information content (AvgIpc) is 3.39. The summed E-state index contributed by atoms with van der Waals surface area (Å²) in [6.07, 6.45) is -1.27. The van der Waals surface area contributed by atoms with Crippen molar-refractivity contribution in [2.24, 2.45) is 0 Å². The van der Waals surface area contributed by atoms with Gasteiger partial charge in [0.25, 0.3) is 6.43 Å². The molecule has 11 heteroatoms. The SMILES string of the molecule is COc1cc(NC(=O)Cn2nc(C(F)F)c(Cl)c2C2CC2)ccc1OC(F)F. The lowest BCUT2D eigenvalue weighted by molar-refractivity contribution is -0.117. The highest BCUT2D eigenvalue weighted by atomic mass is 35.5. The number of aromatic nitrogens is 2. The molecule has 2 aromatic rings. The van der Waals surface area contributed by atoms with Gasteiger partial charge in [-0.05, 0) is 25.0 Å². The lowest BCUT2D eigenvalue weighted by Crippen LogP contribution is -2.21. The number of anilines is 1. The molecule has 0 aliphatic heterocycles. The van der Waals surface area contributed by atoms with Gasteiger partial charge in [0, 0.05) is 17.7 Å². The number of benzene rings is 1. The molecule has 0 radical (unpaired) electrons. The van der Waals surface area contributed by atoms with Crippen molar-refractivity contribution >= 4 is 23.2 Å². The fourth-order valence-corrected chi connectivity index (χ4v) is 3.13. The van der Waals surface area contributed by atoms with Crippen LogP contribution in [0.3, 0.4) is 0 Å². The van der Waals surface area contributed by atoms with Crippen molar-refractivity contribution in [3.8, 4) is 11.5 Å². The monoisotopic (exact) mass is 421 g/mol. The molecule has 28 heavy (non-hydrogen) atoms. The second kappa shape index (κ2) is 8.26. The summed E-state index contributed by atoms with van der Waals surface area (Å²) in [6, 6.07) is 3.87. The number of nitrogens with zero attached hydrogens (tertiary/aromatic N) is 2. The highest BCUT2D eigenvalue weighted by molar-refractivity contribution is 6.32. The van der Waals surface area contributed by atoms with Crippen molar-refractivity contribution in [3.63, 3.8) is 0 Å². The van der Waals surface area contributed by atoms with E-state index in [0.717, 1.165) is 12.8 Å². The van der Waals surface area contributed by atoms with Gasteiger partial charge < -0.3 is 14.8 Å². The van der Waals surface area contributed by atoms with Crippen molar-refractivity contribution in [2.45, 2.75) is 38.3 Å². The Labute approximate surface area is 162 Å². The number of hydrogen-bond acceptors (Lipinski definition) is 4. The Morgan fingerprint density at radius 2 is 2.04 bits per heavy atom. The Hall–Kier alpha value is -2.49. The number of halogens is 5. The molecular weight excluding hydrogens is 406 g/mol. The summed E-state index contributed by atoms with van der Waals surface area (Å²) in [6.45, 7) is -3.35. The van der Waals surface area contributed by atoms with Gasteiger partial charge in [0.1, 0.15) is 12.2 Å². The molecule has 1 fully saturated rings. The fraction of sp³-hybridized carbons (Fsp3) is 0.412. The molecule has 0 atom stereocenters. The van der Waals surface area contributed by atoms with Crippen molar-refractivity contribution in [1.29, 1.82) is 0 Å². The minimum atomic E-state index is -3.02. The maximum absolute atomic E-state index is 13.1. The number of ether oxygens (including phenoxy) is 2. The number of rotatable bonds is 8. The van der Waals surface area contributed by atoms with Crippen LogP contribution in [0.5, 0.6) is 11.5 Å². The lowest BCUT2D eigenvalue weighted by atomic mass is 10.2. The van der Waals surface area contributed by atoms with E-state index in [0.29, 0.717) is 5.69 Å². The number of carbonyl (C=O) groups excluding carboxylic acids is 1. The van der Waals surface area contributed by atoms with Gasteiger partial charge >= 0.3 is 6.61 Å². The first-order valence-electron chi connectivity index (χ1n) is 8.27. The standard InChI is InChI=1S/C17H16ClF4N3O3/c1-27-11-6-9(4-5-10(11)28-17(21)22)23-12(26)7-25-15(8-2-3-8)13(18)14(24-25)16(19)20/h4-6,8,16-17H,2-3,7H2,1H3,(H,23,26). The zero-order chi connectivity index (χ0) is 20.4. The van der Waals surface area contributed by atoms with E-state index in [4.69, 9.17) is 16.3 Å². The molecule has 1 amide bonds. The van der Waals surface area contributed by atoms with Crippen LogP contribution < -0.4 is 14.8 Å². The van der Waals surface area contributed by atoms with Crippen LogP contribution in [0.25, 0.3) is 0 Å². The third-order valence-corrected chi connectivity index (χ3v) is 4.47. The summed E-state index contributed by atoms with van der Waals surface area (Å²) < 4.78 is 61.3. The predicted octanol–water partition coefficient (Wildman–Crippen LogP) is 4.60. The zero-order valence-electron chi connectivity index (χ0n) is 14.6. The first-order valence-corrected chi connectivity index (χ1v) is 8.65. The number of nitrogens with one attached hydrogen (secondary N) is 1. The Morgan fingerprint density at radius 3 is 2.61 bits per heavy atom. The molecule has 3 rings (SSSR count). The summed E-state index contributed by atoms with van der Waals surface area (Å²) in [5, 5.41) is 6.20. The van der Waals surface area contributed by atoms with Crippen LogP contribution in [0.4, 0.5) is 23.2 Å². The highest BCUT2D eigenvalue weighted by Crippen LogP contribution is 2.45. The molecule has 1 heterocycles. The van der Waals surface area contributed by atoms with Crippen molar-refractivity contribution < 1.29 is 31.8 Å². The number of amides is 1. The maximum atomic E-state index is 13.1. The van der Waals surface area contributed by atoms with E-state index in [1.165, 1.54) is 30.0 Å². The smallest absolute Gasteiger partial charge is 0.387 e. The Balaban J connectivity index is 1.75. The summed E-state index contributed by atoms with van der Waals surface area (Å²) in [7, 11) is 1.26. The molecule has 152 valence electrons. The van der Waals surface area contributed by atoms with E-state index in [9.17, 15) is 22.4 Å². The van der Waals surface area contributed by atoms with E-state index in [1.54, 1.807) is 0 Å². The topological polar surface area (TPSA) is 65.4 Å². The van der Waals surface area contributed by atoms with Crippen molar-refractivity contribution in [2.75, 3.05) is 12.4 Å². The van der Waals surface area contributed by atoms with Crippen LogP contribution in [0.1, 0.15) is 36.6 Å². The number of hydrogen-bond donors (Lipinski definition) is 1. The van der Waals surface area contributed by atoms with Gasteiger partial charge in [0.15, 0.2) is 11.5 Å². The highest BCUT2D eigenvalue weighted by Gasteiger charge is 2.34. The normalized spacial score (nSPS) is 13.9. The maximum Gasteiger partial charge on any atom is 0.387 e. The van der Waals surface area contributed by atoms with Crippen LogP contribution in [0.15, 0.2) is 18.2 Å². The second-order valence-corrected chi connectivity index (χ2v) is 6.49. The Bertz CT molecular complexity index is 872. The van der Waals surface area contributed by atoms with Crippen LogP contribution in [-0.4, -0.2) is 29.4 Å². The van der Waals surface area contributed by atoms with Gasteiger partial charge in [-0.25, -0.2) is 8.78 Å². The lowest BCUT2D eigenvalue weighted by Gasteiger charge is -2.12. The zero-order valence-corrected chi connectivity index (χ0v) is 15.4. The summed E-state index contributed by atoms with van der Waals surface area (Å²) in [4.78, 5) is 12.3. The number of alkyl halides is 4. The largest absolute Gasteiger partial charge is 0.493 e. The molecule has 6 nitrogen and oxygen atoms in total. The van der Waals surface area contributed by atoms with Gasteiger partial charge in [0.05, 0.1) is 17.8 Å². The summed E-state index contributed by atoms with van der Waals surface area (Å²) in [5.41, 5.74) is 0.126. The van der Waals surface area contributed by atoms with Gasteiger partial charge in [0.2, 0.25) is 5.91 Å². The summed E-state index contributed by atoms with van der Waals surface area (Å²) in [5.74, 6) is -0.733. The van der Waals surface area contributed by atoms with Crippen LogP contribution in [0.2, 0.25) is 5.02 Å². The molecule has 0 spiro atoms. The van der Waals surface area contributed by atoms with Crippen molar-refractivity contribution in [3.05, 3.63) is 34.6 Å². The minimum Gasteiger partial charge on any atom is -0.493 e. The molecule has 0 unspecified atom stereocenters. The number of carbonyl (C=O) groups is 1. The van der Waals surface area contributed by atoms with E-state index < -0.39 is 24.6 Å². The van der Waals surface area contributed by atoms with Crippen LogP contribution >= 0.6 is 11.6 Å². The number of methoxy groups -OCH3 is 1. The van der Waals surface area contributed by atoms with Crippen LogP contribution in [-0.2, 0) is 11.3 Å². The average molecular weight is 422 g/mol. The van der Waals surface area contributed by atoms with E-state index in [2.05, 4.69) is 15.2 Å². The van der Waals surface area contributed by atoms with E-state index in [-0.39, 0.29) is 34.7 Å². The molecule has 1 saturated carbocycles. The molecule has 0 saturated heterocycles. The van der Waals surface area contributed by atoms with Gasteiger partial charge in [-0.1, -0.05) is 11.6 Å². The van der Waals surface area contributed by atoms with Crippen LogP contribution in [0, 0.1) is 0 Å². The molecule has 1 aromatic carbocycles. The van der Waals surface area contributed by atoms with Gasteiger partial charge in [-0.2, -0.15) is 13.9 Å². The summed E-state index contributed by atoms with van der Waals surface area (Å²) >= 11 is 6.01.